The van der Waals surface area contributed by atoms with Crippen LogP contribution < -0.4 is 10.4 Å². The second kappa shape index (κ2) is 7.26. The Bertz CT molecular complexity index is 719. The van der Waals surface area contributed by atoms with Crippen molar-refractivity contribution in [3.05, 3.63) is 60.7 Å². The van der Waals surface area contributed by atoms with Gasteiger partial charge >= 0.3 is 0 Å². The molecule has 2 aromatic carbocycles. The highest BCUT2D eigenvalue weighted by atomic mass is 28.3. The molecule has 4 rings (SSSR count). The van der Waals surface area contributed by atoms with E-state index in [0.29, 0.717) is 5.92 Å². The van der Waals surface area contributed by atoms with E-state index in [4.69, 9.17) is 0 Å². The zero-order valence-corrected chi connectivity index (χ0v) is 16.1. The van der Waals surface area contributed by atoms with E-state index in [9.17, 15) is 0 Å². The Balaban J connectivity index is 1.68. The maximum absolute atomic E-state index is 3.87. The molecule has 2 fully saturated rings. The van der Waals surface area contributed by atoms with Crippen molar-refractivity contribution in [2.24, 2.45) is 5.92 Å². The average Bonchev–Trinajstić information content (AvgIpc) is 2.69. The molecular weight excluding hydrogens is 315 g/mol. The quantitative estimate of drug-likeness (QED) is 0.564. The largest absolute Gasteiger partial charge is 0.196 e. The van der Waals surface area contributed by atoms with Gasteiger partial charge in [0.2, 0.25) is 0 Å². The van der Waals surface area contributed by atoms with Gasteiger partial charge in [0, 0.05) is 5.92 Å². The molecule has 2 saturated heterocycles. The van der Waals surface area contributed by atoms with Crippen LogP contribution in [0.1, 0.15) is 32.1 Å². The lowest BCUT2D eigenvalue weighted by Crippen LogP contribution is -2.55. The van der Waals surface area contributed by atoms with E-state index in [2.05, 4.69) is 86.0 Å². The highest BCUT2D eigenvalue weighted by Gasteiger charge is 2.34. The lowest BCUT2D eigenvalue weighted by molar-refractivity contribution is 0.399. The summed E-state index contributed by atoms with van der Waals surface area (Å²) in [5.74, 6) is 5.99. The fourth-order valence-electron chi connectivity index (χ4n) is 4.61. The van der Waals surface area contributed by atoms with Gasteiger partial charge in [-0.1, -0.05) is 105 Å². The van der Waals surface area contributed by atoms with Crippen LogP contribution in [0, 0.1) is 17.4 Å². The average molecular weight is 341 g/mol. The maximum atomic E-state index is 3.87. The zero-order valence-electron chi connectivity index (χ0n) is 15.1. The minimum absolute atomic E-state index is 0.579. The summed E-state index contributed by atoms with van der Waals surface area (Å²) in [7, 11) is 0.633. The highest BCUT2D eigenvalue weighted by molar-refractivity contribution is 7.07. The summed E-state index contributed by atoms with van der Waals surface area (Å²) in [6.07, 6.45) is 6.82. The summed E-state index contributed by atoms with van der Waals surface area (Å²) in [5.41, 5.74) is 3.87. The molecule has 2 bridgehead atoms. The molecular formula is C23H26BSi. The number of hydrogen-bond donors (Lipinski definition) is 0. The van der Waals surface area contributed by atoms with E-state index < -0.39 is 8.07 Å². The standard InChI is InChI=1S/C23H26BSi/c1-25(21-10-4-2-5-11-21,22-12-6-3-7-13-22)18-17-19-15-16-20-9-8-14-23(19)24-20/h2-7,10-13,19-20,23H,8-9,14-16H2,1H3. The monoisotopic (exact) mass is 341 g/mol. The summed E-state index contributed by atoms with van der Waals surface area (Å²) in [6.45, 7) is 2.42. The van der Waals surface area contributed by atoms with Crippen molar-refractivity contribution in [2.45, 2.75) is 50.3 Å². The molecule has 25 heavy (non-hydrogen) atoms. The van der Waals surface area contributed by atoms with Gasteiger partial charge in [-0.25, -0.2) is 0 Å². The SMILES string of the molecule is C[Si](C#CC1CCC2[B]C1CCC2)(c1ccccc1)c1ccccc1. The minimum Gasteiger partial charge on any atom is -0.120 e. The van der Waals surface area contributed by atoms with E-state index >= 15 is 0 Å². The van der Waals surface area contributed by atoms with Gasteiger partial charge < -0.3 is 0 Å². The summed E-state index contributed by atoms with van der Waals surface area (Å²) < 4.78 is 0. The van der Waals surface area contributed by atoms with Crippen molar-refractivity contribution in [3.8, 4) is 11.5 Å². The summed E-state index contributed by atoms with van der Waals surface area (Å²) in [4.78, 5) is 0. The molecule has 2 heterocycles. The summed E-state index contributed by atoms with van der Waals surface area (Å²) >= 11 is 0. The first-order chi connectivity index (χ1) is 12.3. The van der Waals surface area contributed by atoms with Crippen molar-refractivity contribution in [3.63, 3.8) is 0 Å². The maximum Gasteiger partial charge on any atom is 0.196 e. The molecule has 3 atom stereocenters. The molecule has 3 unspecified atom stereocenters. The number of fused-ring (bicyclic) bond motifs is 2. The molecule has 2 aliphatic heterocycles. The molecule has 0 spiro atoms. The molecule has 0 saturated carbocycles. The van der Waals surface area contributed by atoms with E-state index in [0.717, 1.165) is 11.6 Å². The second-order valence-corrected chi connectivity index (χ2v) is 11.5. The van der Waals surface area contributed by atoms with Gasteiger partial charge in [0.1, 0.15) is 7.28 Å². The third-order valence-electron chi connectivity index (χ3n) is 6.21. The van der Waals surface area contributed by atoms with Crippen molar-refractivity contribution in [2.75, 3.05) is 0 Å². The predicted octanol–water partition coefficient (Wildman–Crippen LogP) is 4.30. The van der Waals surface area contributed by atoms with Gasteiger partial charge in [0.15, 0.2) is 8.07 Å². The number of rotatable bonds is 2. The normalized spacial score (nSPS) is 25.4. The van der Waals surface area contributed by atoms with Crippen molar-refractivity contribution in [1.82, 2.24) is 0 Å². The van der Waals surface area contributed by atoms with Crippen LogP contribution in [-0.4, -0.2) is 15.4 Å². The molecule has 125 valence electrons. The molecule has 0 nitrogen and oxygen atoms in total. The Labute approximate surface area is 154 Å². The lowest BCUT2D eigenvalue weighted by Gasteiger charge is -2.37. The molecule has 2 heteroatoms. The number of benzene rings is 2. The molecule has 2 aliphatic rings. The Morgan fingerprint density at radius 3 is 2.12 bits per heavy atom. The first-order valence-electron chi connectivity index (χ1n) is 9.74. The van der Waals surface area contributed by atoms with Crippen LogP contribution in [0.3, 0.4) is 0 Å². The van der Waals surface area contributed by atoms with Gasteiger partial charge in [-0.05, 0) is 16.8 Å². The lowest BCUT2D eigenvalue weighted by atomic mass is 9.41. The van der Waals surface area contributed by atoms with E-state index in [1.807, 2.05) is 0 Å². The van der Waals surface area contributed by atoms with E-state index in [1.54, 1.807) is 0 Å². The first-order valence-corrected chi connectivity index (χ1v) is 12.2. The third kappa shape index (κ3) is 3.49. The Kier molecular flexibility index (Phi) is 4.86. The van der Waals surface area contributed by atoms with Gasteiger partial charge in [-0.15, -0.1) is 11.5 Å². The molecule has 0 amide bonds. The number of hydrogen-bond acceptors (Lipinski definition) is 0. The summed E-state index contributed by atoms with van der Waals surface area (Å²) in [6, 6.07) is 21.9. The van der Waals surface area contributed by atoms with Crippen LogP contribution in [0.15, 0.2) is 60.7 Å². The third-order valence-corrected chi connectivity index (χ3v) is 9.83. The Morgan fingerprint density at radius 2 is 1.48 bits per heavy atom. The molecule has 1 radical (unpaired) electrons. The van der Waals surface area contributed by atoms with Crippen molar-refractivity contribution >= 4 is 25.7 Å². The van der Waals surface area contributed by atoms with Crippen LogP contribution in [0.2, 0.25) is 18.2 Å². The van der Waals surface area contributed by atoms with Gasteiger partial charge in [-0.2, -0.15) is 0 Å². The minimum atomic E-state index is -2.00. The smallest absolute Gasteiger partial charge is 0.120 e. The van der Waals surface area contributed by atoms with Crippen LogP contribution >= 0.6 is 0 Å². The van der Waals surface area contributed by atoms with E-state index in [-0.39, 0.29) is 0 Å². The fourth-order valence-corrected chi connectivity index (χ4v) is 7.43. The van der Waals surface area contributed by atoms with E-state index in [1.165, 1.54) is 42.5 Å². The zero-order chi connectivity index (χ0) is 17.1. The molecule has 0 N–H and O–H groups in total. The van der Waals surface area contributed by atoms with Crippen molar-refractivity contribution < 1.29 is 0 Å². The van der Waals surface area contributed by atoms with Gasteiger partial charge in [0.25, 0.3) is 0 Å². The van der Waals surface area contributed by atoms with Crippen LogP contribution in [-0.2, 0) is 0 Å². The van der Waals surface area contributed by atoms with Gasteiger partial charge in [-0.3, -0.25) is 0 Å². The predicted molar refractivity (Wildman–Crippen MR) is 111 cm³/mol. The second-order valence-electron chi connectivity index (χ2n) is 7.86. The first kappa shape index (κ1) is 16.7. The highest BCUT2D eigenvalue weighted by Crippen LogP contribution is 2.44. The molecule has 0 aromatic heterocycles. The fraction of sp³-hybridized carbons (Fsp3) is 0.391. The molecule has 2 aromatic rings. The van der Waals surface area contributed by atoms with Gasteiger partial charge in [0.05, 0.1) is 0 Å². The van der Waals surface area contributed by atoms with Crippen LogP contribution in [0.25, 0.3) is 0 Å². The van der Waals surface area contributed by atoms with Crippen molar-refractivity contribution in [1.29, 1.82) is 0 Å². The topological polar surface area (TPSA) is 0 Å². The Morgan fingerprint density at radius 1 is 0.840 bits per heavy atom. The Hall–Kier alpha value is -1.72. The molecule has 0 aliphatic carbocycles. The van der Waals surface area contributed by atoms with Crippen LogP contribution in [0.5, 0.6) is 0 Å². The van der Waals surface area contributed by atoms with Crippen LogP contribution in [0.4, 0.5) is 0 Å². The summed E-state index contributed by atoms with van der Waals surface area (Å²) in [5, 5.41) is 2.85.